The molecule has 0 unspecified atom stereocenters. The van der Waals surface area contributed by atoms with Crippen molar-refractivity contribution in [3.05, 3.63) is 48.3 Å². The highest BCUT2D eigenvalue weighted by molar-refractivity contribution is 9.10. The van der Waals surface area contributed by atoms with Gasteiger partial charge in [-0.05, 0) is 39.5 Å². The summed E-state index contributed by atoms with van der Waals surface area (Å²) in [6.45, 7) is 0.495. The van der Waals surface area contributed by atoms with Gasteiger partial charge in [0.05, 0.1) is 12.2 Å². The minimum Gasteiger partial charge on any atom is -0.397 e. The molecular weight excluding hydrogens is 436 g/mol. The fourth-order valence-electron chi connectivity index (χ4n) is 1.95. The van der Waals surface area contributed by atoms with Crippen molar-refractivity contribution in [2.24, 2.45) is 0 Å². The molecule has 1 amide bonds. The van der Waals surface area contributed by atoms with Gasteiger partial charge in [-0.15, -0.1) is 22.7 Å². The Balaban J connectivity index is 1.84. The molecule has 0 aliphatic heterocycles. The Morgan fingerprint density at radius 3 is 2.81 bits per heavy atom. The number of carbonyl (C=O) groups is 1. The minimum atomic E-state index is -0.134. The first-order valence-electron chi connectivity index (χ1n) is 6.04. The van der Waals surface area contributed by atoms with Gasteiger partial charge in [0.25, 0.3) is 5.91 Å². The van der Waals surface area contributed by atoms with Crippen LogP contribution in [0.4, 0.5) is 5.69 Å². The van der Waals surface area contributed by atoms with E-state index in [2.05, 4.69) is 37.2 Å². The maximum absolute atomic E-state index is 12.3. The lowest BCUT2D eigenvalue weighted by atomic mass is 10.2. The summed E-state index contributed by atoms with van der Waals surface area (Å²) >= 11 is 9.90. The van der Waals surface area contributed by atoms with Crippen molar-refractivity contribution in [2.45, 2.75) is 6.54 Å². The van der Waals surface area contributed by atoms with Gasteiger partial charge >= 0.3 is 0 Å². The van der Waals surface area contributed by atoms with Gasteiger partial charge in [-0.3, -0.25) is 4.79 Å². The smallest absolute Gasteiger partial charge is 0.263 e. The standard InChI is InChI=1S/C14H10Br2N2OS2/c15-7-1-2-8-10(5-7)21-13(12(8)17)14(19)18-6-11-9(16)3-4-20-11/h1-5H,6,17H2,(H,18,19). The van der Waals surface area contributed by atoms with E-state index in [0.29, 0.717) is 17.1 Å². The lowest BCUT2D eigenvalue weighted by molar-refractivity contribution is 0.0956. The van der Waals surface area contributed by atoms with E-state index in [4.69, 9.17) is 5.73 Å². The molecule has 21 heavy (non-hydrogen) atoms. The molecule has 0 saturated heterocycles. The maximum Gasteiger partial charge on any atom is 0.263 e. The van der Waals surface area contributed by atoms with Crippen molar-refractivity contribution in [3.8, 4) is 0 Å². The van der Waals surface area contributed by atoms with Gasteiger partial charge in [0.15, 0.2) is 0 Å². The van der Waals surface area contributed by atoms with Gasteiger partial charge in [-0.2, -0.15) is 0 Å². The minimum absolute atomic E-state index is 0.134. The number of rotatable bonds is 3. The molecule has 7 heteroatoms. The number of benzene rings is 1. The summed E-state index contributed by atoms with van der Waals surface area (Å²) in [6.07, 6.45) is 0. The fraction of sp³-hybridized carbons (Fsp3) is 0.0714. The van der Waals surface area contributed by atoms with Crippen molar-refractivity contribution in [2.75, 3.05) is 5.73 Å². The Labute approximate surface area is 146 Å². The summed E-state index contributed by atoms with van der Waals surface area (Å²) in [7, 11) is 0. The summed E-state index contributed by atoms with van der Waals surface area (Å²) < 4.78 is 3.00. The van der Waals surface area contributed by atoms with E-state index in [9.17, 15) is 4.79 Å². The second-order valence-corrected chi connectivity index (χ2v) is 8.18. The number of hydrogen-bond donors (Lipinski definition) is 2. The molecule has 1 aromatic carbocycles. The van der Waals surface area contributed by atoms with Gasteiger partial charge in [0.1, 0.15) is 4.88 Å². The third-order valence-corrected chi connectivity index (χ3v) is 6.58. The number of thiophene rings is 2. The average Bonchev–Trinajstić information content (AvgIpc) is 3.00. The molecule has 0 aliphatic rings. The molecule has 3 aromatic rings. The van der Waals surface area contributed by atoms with Crippen LogP contribution in [0.15, 0.2) is 38.6 Å². The molecule has 3 nitrogen and oxygen atoms in total. The van der Waals surface area contributed by atoms with Gasteiger partial charge in [-0.1, -0.05) is 22.0 Å². The molecule has 0 saturated carbocycles. The number of nitrogens with one attached hydrogen (secondary N) is 1. The van der Waals surface area contributed by atoms with Crippen LogP contribution in [0.3, 0.4) is 0 Å². The predicted octanol–water partition coefficient (Wildman–Crippen LogP) is 5.00. The topological polar surface area (TPSA) is 55.1 Å². The summed E-state index contributed by atoms with van der Waals surface area (Å²) in [5.41, 5.74) is 6.64. The van der Waals surface area contributed by atoms with Crippen LogP contribution in [-0.4, -0.2) is 5.91 Å². The Bertz CT molecular complexity index is 826. The molecule has 0 bridgehead atoms. The van der Waals surface area contributed by atoms with Gasteiger partial charge in [0.2, 0.25) is 0 Å². The van der Waals surface area contributed by atoms with E-state index < -0.39 is 0 Å². The van der Waals surface area contributed by atoms with Crippen LogP contribution in [0.5, 0.6) is 0 Å². The van der Waals surface area contributed by atoms with Gasteiger partial charge < -0.3 is 11.1 Å². The number of nitrogen functional groups attached to an aromatic ring is 1. The highest BCUT2D eigenvalue weighted by atomic mass is 79.9. The molecule has 0 aliphatic carbocycles. The number of amides is 1. The van der Waals surface area contributed by atoms with Crippen LogP contribution < -0.4 is 11.1 Å². The lowest BCUT2D eigenvalue weighted by Crippen LogP contribution is -2.22. The van der Waals surface area contributed by atoms with Crippen LogP contribution >= 0.6 is 54.5 Å². The van der Waals surface area contributed by atoms with E-state index >= 15 is 0 Å². The normalized spacial score (nSPS) is 11.0. The summed E-state index contributed by atoms with van der Waals surface area (Å²) in [6, 6.07) is 7.80. The number of nitrogens with two attached hydrogens (primary N) is 1. The van der Waals surface area contributed by atoms with Crippen LogP contribution in [0, 0.1) is 0 Å². The van der Waals surface area contributed by atoms with E-state index in [1.807, 2.05) is 29.6 Å². The fourth-order valence-corrected chi connectivity index (χ4v) is 4.97. The monoisotopic (exact) mass is 444 g/mol. The molecule has 2 heterocycles. The van der Waals surface area contributed by atoms with E-state index in [1.165, 1.54) is 11.3 Å². The molecule has 0 fully saturated rings. The summed E-state index contributed by atoms with van der Waals surface area (Å²) in [5, 5.41) is 5.82. The first kappa shape index (κ1) is 15.0. The van der Waals surface area contributed by atoms with E-state index in [0.717, 1.165) is 23.9 Å². The maximum atomic E-state index is 12.3. The van der Waals surface area contributed by atoms with Gasteiger partial charge in [-0.25, -0.2) is 0 Å². The predicted molar refractivity (Wildman–Crippen MR) is 97.1 cm³/mol. The van der Waals surface area contributed by atoms with Crippen molar-refractivity contribution in [1.29, 1.82) is 0 Å². The number of hydrogen-bond acceptors (Lipinski definition) is 4. The van der Waals surface area contributed by atoms with Crippen LogP contribution in [0.25, 0.3) is 10.1 Å². The summed E-state index contributed by atoms with van der Waals surface area (Å²) in [5.74, 6) is -0.134. The number of anilines is 1. The average molecular weight is 446 g/mol. The molecule has 0 radical (unpaired) electrons. The Kier molecular flexibility index (Phi) is 4.35. The molecular formula is C14H10Br2N2OS2. The largest absolute Gasteiger partial charge is 0.397 e. The van der Waals surface area contributed by atoms with Crippen molar-refractivity contribution >= 4 is 76.2 Å². The number of halogens is 2. The Hall–Kier alpha value is -0.890. The number of carbonyl (C=O) groups excluding carboxylic acids is 1. The number of fused-ring (bicyclic) bond motifs is 1. The summed E-state index contributed by atoms with van der Waals surface area (Å²) in [4.78, 5) is 14.0. The zero-order valence-electron chi connectivity index (χ0n) is 10.7. The first-order valence-corrected chi connectivity index (χ1v) is 9.32. The van der Waals surface area contributed by atoms with Gasteiger partial charge in [0, 0.05) is 23.9 Å². The molecule has 3 rings (SSSR count). The zero-order valence-corrected chi connectivity index (χ0v) is 15.5. The third kappa shape index (κ3) is 3.01. The first-order chi connectivity index (χ1) is 10.1. The van der Waals surface area contributed by atoms with Crippen LogP contribution in [0.1, 0.15) is 14.5 Å². The van der Waals surface area contributed by atoms with Crippen molar-refractivity contribution in [1.82, 2.24) is 5.32 Å². The third-order valence-electron chi connectivity index (χ3n) is 3.00. The molecule has 2 aromatic heterocycles. The highest BCUT2D eigenvalue weighted by Crippen LogP contribution is 2.35. The molecule has 108 valence electrons. The SMILES string of the molecule is Nc1c(C(=O)NCc2sccc2Br)sc2cc(Br)ccc12. The van der Waals surface area contributed by atoms with Crippen molar-refractivity contribution in [3.63, 3.8) is 0 Å². The van der Waals surface area contributed by atoms with Crippen LogP contribution in [-0.2, 0) is 6.54 Å². The lowest BCUT2D eigenvalue weighted by Gasteiger charge is -2.03. The zero-order chi connectivity index (χ0) is 15.0. The molecule has 0 atom stereocenters. The Morgan fingerprint density at radius 2 is 2.10 bits per heavy atom. The molecule has 3 N–H and O–H groups in total. The highest BCUT2D eigenvalue weighted by Gasteiger charge is 2.16. The second kappa shape index (κ2) is 6.08. The van der Waals surface area contributed by atoms with Crippen molar-refractivity contribution < 1.29 is 4.79 Å². The second-order valence-electron chi connectivity index (χ2n) is 4.36. The van der Waals surface area contributed by atoms with Crippen LogP contribution in [0.2, 0.25) is 0 Å². The molecule has 0 spiro atoms. The Morgan fingerprint density at radius 1 is 1.29 bits per heavy atom. The van der Waals surface area contributed by atoms with E-state index in [-0.39, 0.29) is 5.91 Å². The quantitative estimate of drug-likeness (QED) is 0.595. The van der Waals surface area contributed by atoms with E-state index in [1.54, 1.807) is 11.3 Å².